The quantitative estimate of drug-likeness (QED) is 0.528. The molecular weight excluding hydrogens is 310 g/mol. The second kappa shape index (κ2) is 9.38. The monoisotopic (exact) mass is 343 g/mol. The van der Waals surface area contributed by atoms with Crippen molar-refractivity contribution in [1.82, 2.24) is 4.90 Å². The Hall–Kier alpha value is -1.35. The number of esters is 1. The summed E-state index contributed by atoms with van der Waals surface area (Å²) < 4.78 is 5.47. The number of hydrogen-bond donors (Lipinski definition) is 0. The average Bonchev–Trinajstić information content (AvgIpc) is 2.67. The molecule has 3 rings (SSSR count). The van der Waals surface area contributed by atoms with Crippen LogP contribution < -0.4 is 0 Å². The van der Waals surface area contributed by atoms with Crippen molar-refractivity contribution in [3.8, 4) is 0 Å². The fraction of sp³-hybridized carbons (Fsp3) is 0.682. The van der Waals surface area contributed by atoms with Crippen molar-refractivity contribution in [1.29, 1.82) is 0 Å². The first kappa shape index (κ1) is 18.4. The van der Waals surface area contributed by atoms with E-state index in [9.17, 15) is 4.79 Å². The number of carbonyl (C=O) groups is 1. The van der Waals surface area contributed by atoms with E-state index in [1.807, 2.05) is 12.1 Å². The minimum atomic E-state index is -0.179. The molecule has 3 nitrogen and oxygen atoms in total. The standard InChI is InChI=1S/C22H33NO2/c1-18-8-5-6-15-23(18)16-7-17-25-22(24)21-13-11-20(12-14-21)19-9-3-2-4-10-19/h11-14,18-19H,2-10,15-17H2,1H3. The fourth-order valence-electron chi connectivity index (χ4n) is 4.33. The predicted molar refractivity (Wildman–Crippen MR) is 102 cm³/mol. The van der Waals surface area contributed by atoms with Gasteiger partial charge in [-0.15, -0.1) is 0 Å². The summed E-state index contributed by atoms with van der Waals surface area (Å²) in [5.41, 5.74) is 2.07. The first-order valence-corrected chi connectivity index (χ1v) is 10.2. The number of piperidine rings is 1. The molecule has 1 saturated heterocycles. The molecule has 1 aliphatic carbocycles. The van der Waals surface area contributed by atoms with Crippen LogP contribution in [0.1, 0.15) is 86.6 Å². The van der Waals surface area contributed by atoms with E-state index in [0.717, 1.165) is 13.0 Å². The molecule has 1 saturated carbocycles. The molecular formula is C22H33NO2. The second-order valence-corrected chi connectivity index (χ2v) is 7.83. The first-order chi connectivity index (χ1) is 12.2. The zero-order valence-electron chi connectivity index (χ0n) is 15.7. The normalized spacial score (nSPS) is 22.7. The maximum absolute atomic E-state index is 12.2. The Morgan fingerprint density at radius 3 is 2.48 bits per heavy atom. The van der Waals surface area contributed by atoms with Gasteiger partial charge in [-0.1, -0.05) is 37.8 Å². The summed E-state index contributed by atoms with van der Waals surface area (Å²) in [7, 11) is 0. The highest BCUT2D eigenvalue weighted by Gasteiger charge is 2.18. The van der Waals surface area contributed by atoms with E-state index in [-0.39, 0.29) is 5.97 Å². The Balaban J connectivity index is 1.40. The molecule has 0 radical (unpaired) electrons. The minimum absolute atomic E-state index is 0.179. The van der Waals surface area contributed by atoms with Gasteiger partial charge >= 0.3 is 5.97 Å². The summed E-state index contributed by atoms with van der Waals surface area (Å²) in [6, 6.07) is 8.82. The van der Waals surface area contributed by atoms with Gasteiger partial charge < -0.3 is 9.64 Å². The third-order valence-electron chi connectivity index (χ3n) is 5.99. The van der Waals surface area contributed by atoms with Gasteiger partial charge in [-0.3, -0.25) is 0 Å². The minimum Gasteiger partial charge on any atom is -0.462 e. The lowest BCUT2D eigenvalue weighted by atomic mass is 9.84. The molecule has 1 aromatic rings. The number of nitrogens with zero attached hydrogens (tertiary/aromatic N) is 1. The molecule has 1 heterocycles. The maximum Gasteiger partial charge on any atom is 0.338 e. The lowest BCUT2D eigenvalue weighted by molar-refractivity contribution is 0.0475. The van der Waals surface area contributed by atoms with Crippen molar-refractivity contribution in [3.05, 3.63) is 35.4 Å². The maximum atomic E-state index is 12.2. The number of benzene rings is 1. The highest BCUT2D eigenvalue weighted by Crippen LogP contribution is 2.32. The van der Waals surface area contributed by atoms with Crippen LogP contribution in [0.15, 0.2) is 24.3 Å². The van der Waals surface area contributed by atoms with Crippen LogP contribution in [0.4, 0.5) is 0 Å². The predicted octanol–water partition coefficient (Wildman–Crippen LogP) is 5.16. The van der Waals surface area contributed by atoms with Crippen LogP contribution in [-0.2, 0) is 4.74 Å². The van der Waals surface area contributed by atoms with E-state index in [1.165, 1.54) is 63.5 Å². The van der Waals surface area contributed by atoms with Crippen LogP contribution in [-0.4, -0.2) is 36.6 Å². The summed E-state index contributed by atoms with van der Waals surface area (Å²) >= 11 is 0. The molecule has 1 aliphatic heterocycles. The molecule has 1 aromatic carbocycles. The number of ether oxygens (including phenoxy) is 1. The molecule has 138 valence electrons. The largest absolute Gasteiger partial charge is 0.462 e. The zero-order valence-corrected chi connectivity index (χ0v) is 15.7. The second-order valence-electron chi connectivity index (χ2n) is 7.83. The van der Waals surface area contributed by atoms with Crippen LogP contribution in [0.2, 0.25) is 0 Å². The first-order valence-electron chi connectivity index (χ1n) is 10.2. The van der Waals surface area contributed by atoms with Gasteiger partial charge in [-0.25, -0.2) is 4.79 Å². The summed E-state index contributed by atoms with van der Waals surface area (Å²) in [5, 5.41) is 0. The third kappa shape index (κ3) is 5.31. The van der Waals surface area contributed by atoms with Gasteiger partial charge in [-0.2, -0.15) is 0 Å². The van der Waals surface area contributed by atoms with E-state index < -0.39 is 0 Å². The Bertz CT molecular complexity index is 533. The summed E-state index contributed by atoms with van der Waals surface area (Å²) in [5.74, 6) is 0.507. The highest BCUT2D eigenvalue weighted by atomic mass is 16.5. The molecule has 0 amide bonds. The SMILES string of the molecule is CC1CCCCN1CCCOC(=O)c1ccc(C2CCCCC2)cc1. The highest BCUT2D eigenvalue weighted by molar-refractivity contribution is 5.89. The van der Waals surface area contributed by atoms with Crippen molar-refractivity contribution in [2.24, 2.45) is 0 Å². The van der Waals surface area contributed by atoms with Gasteiger partial charge in [-0.05, 0) is 69.2 Å². The molecule has 0 N–H and O–H groups in total. The summed E-state index contributed by atoms with van der Waals surface area (Å²) in [6.45, 7) is 5.05. The third-order valence-corrected chi connectivity index (χ3v) is 5.99. The lowest BCUT2D eigenvalue weighted by Gasteiger charge is -2.33. The molecule has 0 aromatic heterocycles. The van der Waals surface area contributed by atoms with Crippen LogP contribution in [0.5, 0.6) is 0 Å². The number of hydrogen-bond acceptors (Lipinski definition) is 3. The summed E-state index contributed by atoms with van der Waals surface area (Å²) in [6.07, 6.45) is 11.5. The molecule has 3 heteroatoms. The van der Waals surface area contributed by atoms with E-state index in [2.05, 4.69) is 24.0 Å². The molecule has 2 aliphatic rings. The van der Waals surface area contributed by atoms with Crippen molar-refractivity contribution in [2.45, 2.75) is 76.7 Å². The van der Waals surface area contributed by atoms with Crippen molar-refractivity contribution in [3.63, 3.8) is 0 Å². The fourth-order valence-corrected chi connectivity index (χ4v) is 4.33. The zero-order chi connectivity index (χ0) is 17.5. The topological polar surface area (TPSA) is 29.5 Å². The molecule has 0 bridgehead atoms. The van der Waals surface area contributed by atoms with Crippen LogP contribution in [0.3, 0.4) is 0 Å². The van der Waals surface area contributed by atoms with E-state index in [0.29, 0.717) is 24.1 Å². The Kier molecular flexibility index (Phi) is 6.92. The molecule has 2 fully saturated rings. The average molecular weight is 344 g/mol. The van der Waals surface area contributed by atoms with Crippen LogP contribution >= 0.6 is 0 Å². The van der Waals surface area contributed by atoms with E-state index >= 15 is 0 Å². The number of carbonyl (C=O) groups excluding carboxylic acids is 1. The molecule has 1 atom stereocenters. The Labute approximate surface area is 152 Å². The number of likely N-dealkylation sites (tertiary alicyclic amines) is 1. The lowest BCUT2D eigenvalue weighted by Crippen LogP contribution is -2.38. The van der Waals surface area contributed by atoms with Gasteiger partial charge in [0.25, 0.3) is 0 Å². The van der Waals surface area contributed by atoms with Crippen LogP contribution in [0, 0.1) is 0 Å². The van der Waals surface area contributed by atoms with Gasteiger partial charge in [0, 0.05) is 12.6 Å². The Morgan fingerprint density at radius 1 is 1.04 bits per heavy atom. The van der Waals surface area contributed by atoms with E-state index in [1.54, 1.807) is 0 Å². The van der Waals surface area contributed by atoms with Gasteiger partial charge in [0.15, 0.2) is 0 Å². The van der Waals surface area contributed by atoms with Crippen molar-refractivity contribution >= 4 is 5.97 Å². The van der Waals surface area contributed by atoms with E-state index in [4.69, 9.17) is 4.74 Å². The molecule has 1 unspecified atom stereocenters. The molecule has 25 heavy (non-hydrogen) atoms. The molecule has 0 spiro atoms. The van der Waals surface area contributed by atoms with Gasteiger partial charge in [0.05, 0.1) is 12.2 Å². The summed E-state index contributed by atoms with van der Waals surface area (Å²) in [4.78, 5) is 14.7. The van der Waals surface area contributed by atoms with Crippen molar-refractivity contribution in [2.75, 3.05) is 19.7 Å². The van der Waals surface area contributed by atoms with Gasteiger partial charge in [0.1, 0.15) is 0 Å². The van der Waals surface area contributed by atoms with Gasteiger partial charge in [0.2, 0.25) is 0 Å². The smallest absolute Gasteiger partial charge is 0.338 e. The van der Waals surface area contributed by atoms with Crippen LogP contribution in [0.25, 0.3) is 0 Å². The van der Waals surface area contributed by atoms with Crippen molar-refractivity contribution < 1.29 is 9.53 Å². The Morgan fingerprint density at radius 2 is 1.76 bits per heavy atom. The number of rotatable bonds is 6.